The Bertz CT molecular complexity index is 1270. The number of aliphatic carboxylic acids is 1. The van der Waals surface area contributed by atoms with E-state index in [1.165, 1.54) is 46.5 Å². The summed E-state index contributed by atoms with van der Waals surface area (Å²) in [4.78, 5) is 11.1. The van der Waals surface area contributed by atoms with Crippen molar-refractivity contribution in [1.29, 1.82) is 0 Å². The summed E-state index contributed by atoms with van der Waals surface area (Å²) in [6.45, 7) is 5.35. The smallest absolute Gasteiger partial charge is 0.303 e. The number of hydrogen-bond acceptors (Lipinski definition) is 6. The minimum atomic E-state index is -0.903. The lowest BCUT2D eigenvalue weighted by atomic mass is 9.88. The average Bonchev–Trinajstić information content (AvgIpc) is 3.43. The maximum absolute atomic E-state index is 14.1. The number of aryl methyl sites for hydroxylation is 1. The van der Waals surface area contributed by atoms with Crippen LogP contribution in [0.15, 0.2) is 52.7 Å². The summed E-state index contributed by atoms with van der Waals surface area (Å²) in [6.07, 6.45) is 2.98. The van der Waals surface area contributed by atoms with Gasteiger partial charge in [0.2, 0.25) is 0 Å². The molecule has 210 valence electrons. The van der Waals surface area contributed by atoms with Gasteiger partial charge in [-0.1, -0.05) is 41.9 Å². The highest BCUT2D eigenvalue weighted by molar-refractivity contribution is 7.99. The number of nitrogens with zero attached hydrogens (tertiary/aromatic N) is 1. The Morgan fingerprint density at radius 1 is 1.21 bits per heavy atom. The van der Waals surface area contributed by atoms with Gasteiger partial charge >= 0.3 is 5.97 Å². The molecule has 0 amide bonds. The maximum atomic E-state index is 14.1. The molecule has 39 heavy (non-hydrogen) atoms. The highest BCUT2D eigenvalue weighted by atomic mass is 35.5. The zero-order chi connectivity index (χ0) is 28.2. The predicted octanol–water partition coefficient (Wildman–Crippen LogP) is 6.70. The van der Waals surface area contributed by atoms with Crippen molar-refractivity contribution in [2.75, 3.05) is 20.1 Å². The second-order valence-electron chi connectivity index (χ2n) is 11.0. The normalized spacial score (nSPS) is 14.6. The number of nitrogens with one attached hydrogen (secondary N) is 1. The van der Waals surface area contributed by atoms with Gasteiger partial charge in [-0.15, -0.1) is 11.3 Å². The second-order valence-corrected chi connectivity index (χ2v) is 14.2. The molecule has 0 saturated heterocycles. The molecule has 0 aliphatic heterocycles. The molecule has 1 aliphatic carbocycles. The first-order chi connectivity index (χ1) is 18.5. The fourth-order valence-electron chi connectivity index (χ4n) is 5.37. The van der Waals surface area contributed by atoms with Crippen molar-refractivity contribution in [3.63, 3.8) is 0 Å². The summed E-state index contributed by atoms with van der Waals surface area (Å²) >= 11 is 9.40. The number of carbonyl (C=O) groups is 1. The number of aliphatic hydroxyl groups excluding tert-OH is 1. The minimum absolute atomic E-state index is 0.0399. The number of halogens is 2. The van der Waals surface area contributed by atoms with Gasteiger partial charge in [-0.05, 0) is 105 Å². The lowest BCUT2D eigenvalue weighted by Gasteiger charge is -2.31. The van der Waals surface area contributed by atoms with Crippen molar-refractivity contribution in [2.24, 2.45) is 5.92 Å². The summed E-state index contributed by atoms with van der Waals surface area (Å²) in [5, 5.41) is 23.4. The average molecular weight is 591 g/mol. The molecule has 2 aromatic carbocycles. The fourth-order valence-corrected chi connectivity index (χ4v) is 8.05. The van der Waals surface area contributed by atoms with Crippen molar-refractivity contribution < 1.29 is 19.4 Å². The molecule has 0 radical (unpaired) electrons. The molecule has 4 rings (SSSR count). The van der Waals surface area contributed by atoms with Gasteiger partial charge in [0.1, 0.15) is 10.2 Å². The van der Waals surface area contributed by atoms with Gasteiger partial charge in [0.25, 0.3) is 0 Å². The van der Waals surface area contributed by atoms with E-state index in [0.717, 1.165) is 29.0 Å². The van der Waals surface area contributed by atoms with Crippen LogP contribution in [-0.4, -0.2) is 52.3 Å². The number of aliphatic hydroxyl groups is 1. The fraction of sp³-hybridized carbons (Fsp3) is 0.433. The number of likely N-dealkylation sites (N-methyl/N-ethyl adjacent to an activating group) is 1. The summed E-state index contributed by atoms with van der Waals surface area (Å²) < 4.78 is 17.4. The second kappa shape index (κ2) is 13.1. The molecule has 1 aliphatic rings. The Morgan fingerprint density at radius 3 is 2.56 bits per heavy atom. The Hall–Kier alpha value is -1.94. The summed E-state index contributed by atoms with van der Waals surface area (Å²) in [7, 11) is 1.92. The molecular weight excluding hydrogens is 555 g/mol. The van der Waals surface area contributed by atoms with Gasteiger partial charge in [-0.2, -0.15) is 0 Å². The monoisotopic (exact) mass is 590 g/mol. The number of hydrogen-bond donors (Lipinski definition) is 3. The Labute approximate surface area is 243 Å². The van der Waals surface area contributed by atoms with E-state index in [-0.39, 0.29) is 12.0 Å². The molecule has 9 heteroatoms. The third-order valence-corrected chi connectivity index (χ3v) is 9.48. The van der Waals surface area contributed by atoms with Crippen molar-refractivity contribution in [3.8, 4) is 11.1 Å². The van der Waals surface area contributed by atoms with Crippen LogP contribution < -0.4 is 5.32 Å². The summed E-state index contributed by atoms with van der Waals surface area (Å²) in [5.74, 6) is -0.686. The van der Waals surface area contributed by atoms with Crippen molar-refractivity contribution in [3.05, 3.63) is 75.4 Å². The topological polar surface area (TPSA) is 72.8 Å². The van der Waals surface area contributed by atoms with Gasteiger partial charge in [0, 0.05) is 30.6 Å². The van der Waals surface area contributed by atoms with Crippen LogP contribution >= 0.6 is 34.9 Å². The molecule has 3 N–H and O–H groups in total. The van der Waals surface area contributed by atoms with Crippen LogP contribution in [0, 0.1) is 11.7 Å². The van der Waals surface area contributed by atoms with Crippen LogP contribution in [0.2, 0.25) is 4.34 Å². The van der Waals surface area contributed by atoms with E-state index in [1.807, 2.05) is 17.4 Å². The van der Waals surface area contributed by atoms with Gasteiger partial charge in [-0.3, -0.25) is 4.79 Å². The van der Waals surface area contributed by atoms with Crippen molar-refractivity contribution in [2.45, 2.75) is 61.8 Å². The largest absolute Gasteiger partial charge is 0.481 e. The third-order valence-electron chi connectivity index (χ3n) is 7.10. The first kappa shape index (κ1) is 30.0. The van der Waals surface area contributed by atoms with Crippen LogP contribution in [-0.2, 0) is 24.1 Å². The number of rotatable bonds is 13. The molecule has 1 atom stereocenters. The Balaban J connectivity index is 1.29. The first-order valence-corrected chi connectivity index (χ1v) is 15.1. The highest BCUT2D eigenvalue weighted by Crippen LogP contribution is 2.42. The summed E-state index contributed by atoms with van der Waals surface area (Å²) in [5.41, 5.74) is 4.89. The Morgan fingerprint density at radius 2 is 1.90 bits per heavy atom. The number of fused-ring (bicyclic) bond motifs is 1. The number of benzene rings is 2. The van der Waals surface area contributed by atoms with Crippen molar-refractivity contribution >= 4 is 40.9 Å². The van der Waals surface area contributed by atoms with E-state index in [0.29, 0.717) is 40.9 Å². The number of carboxylic acid groups (broad SMARTS) is 1. The molecule has 0 bridgehead atoms. The van der Waals surface area contributed by atoms with Crippen molar-refractivity contribution in [1.82, 2.24) is 9.62 Å². The van der Waals surface area contributed by atoms with E-state index >= 15 is 0 Å². The quantitative estimate of drug-likeness (QED) is 0.192. The maximum Gasteiger partial charge on any atom is 0.303 e. The van der Waals surface area contributed by atoms with Gasteiger partial charge in [0.15, 0.2) is 0 Å². The van der Waals surface area contributed by atoms with E-state index in [9.17, 15) is 14.3 Å². The van der Waals surface area contributed by atoms with Crippen LogP contribution in [0.25, 0.3) is 11.1 Å². The SMILES string of the molecule is CN(C[C@H](O)CNC(C)(C)CC1Cc2ccccc2C1)Sc1cc(-c2cc(F)ccc2CCC(=O)O)c(Cl)s1. The van der Waals surface area contributed by atoms with E-state index < -0.39 is 17.9 Å². The van der Waals surface area contributed by atoms with E-state index in [2.05, 4.69) is 43.4 Å². The lowest BCUT2D eigenvalue weighted by molar-refractivity contribution is -0.136. The molecule has 0 saturated carbocycles. The van der Waals surface area contributed by atoms with Crippen LogP contribution in [0.4, 0.5) is 4.39 Å². The van der Waals surface area contributed by atoms with E-state index in [1.54, 1.807) is 6.07 Å². The number of β-amino-alcohol motifs (C(OH)–C–C–N with tert-alkyl or cyclic N) is 1. The third kappa shape index (κ3) is 8.52. The van der Waals surface area contributed by atoms with Gasteiger partial charge in [-0.25, -0.2) is 8.70 Å². The molecule has 0 spiro atoms. The number of carboxylic acids is 1. The van der Waals surface area contributed by atoms with Gasteiger partial charge in [0.05, 0.1) is 10.3 Å². The first-order valence-electron chi connectivity index (χ1n) is 13.2. The predicted molar refractivity (Wildman–Crippen MR) is 159 cm³/mol. The van der Waals surface area contributed by atoms with E-state index in [4.69, 9.17) is 16.7 Å². The molecule has 1 aromatic heterocycles. The minimum Gasteiger partial charge on any atom is -0.481 e. The van der Waals surface area contributed by atoms with Crippen LogP contribution in [0.3, 0.4) is 0 Å². The zero-order valence-corrected chi connectivity index (χ0v) is 24.9. The summed E-state index contributed by atoms with van der Waals surface area (Å²) in [6, 6.07) is 15.0. The van der Waals surface area contributed by atoms with Crippen LogP contribution in [0.5, 0.6) is 0 Å². The van der Waals surface area contributed by atoms with Gasteiger partial charge < -0.3 is 15.5 Å². The van der Waals surface area contributed by atoms with Crippen LogP contribution in [0.1, 0.15) is 43.4 Å². The molecule has 5 nitrogen and oxygen atoms in total. The Kier molecular flexibility index (Phi) is 10.1. The standard InChI is InChI=1S/C30H36ClFN2O3S2/c1-30(2,16-19-12-21-6-4-5-7-22(21)13-19)33-17-24(35)18-34(3)39-28-15-26(29(31)38-28)25-14-23(32)10-8-20(25)9-11-27(36)37/h4-8,10,14-15,19,24,33,35H,9,11-13,16-18H2,1-3H3,(H,36,37)/t24-/m1/s1. The molecule has 0 fully saturated rings. The molecular formula is C30H36ClFN2O3S2. The number of thiophene rings is 1. The molecule has 1 heterocycles. The molecule has 3 aromatic rings. The molecule has 0 unspecified atom stereocenters. The zero-order valence-electron chi connectivity index (χ0n) is 22.5. The highest BCUT2D eigenvalue weighted by Gasteiger charge is 2.28. The lowest BCUT2D eigenvalue weighted by Crippen LogP contribution is -2.46.